The van der Waals surface area contributed by atoms with Gasteiger partial charge in [0.25, 0.3) is 0 Å². The smallest absolute Gasteiger partial charge is 0.221 e. The third kappa shape index (κ3) is 3.08. The molecule has 0 radical (unpaired) electrons. The van der Waals surface area contributed by atoms with Gasteiger partial charge in [-0.2, -0.15) is 5.26 Å². The zero-order valence-corrected chi connectivity index (χ0v) is 13.8. The Morgan fingerprint density at radius 2 is 2.05 bits per heavy atom. The summed E-state index contributed by atoms with van der Waals surface area (Å²) in [6.07, 6.45) is 8.55. The summed E-state index contributed by atoms with van der Waals surface area (Å²) in [5, 5.41) is 10.3. The van der Waals surface area contributed by atoms with Crippen molar-refractivity contribution >= 4 is 23.2 Å². The average Bonchev–Trinajstić information content (AvgIpc) is 2.69. The Morgan fingerprint density at radius 3 is 2.67 bits per heavy atom. The molecule has 0 N–H and O–H groups in total. The van der Waals surface area contributed by atoms with E-state index in [9.17, 15) is 5.26 Å². The molecule has 0 saturated heterocycles. The number of halogens is 2. The van der Waals surface area contributed by atoms with Crippen molar-refractivity contribution in [1.29, 1.82) is 5.26 Å². The Morgan fingerprint density at radius 1 is 1.33 bits per heavy atom. The molecule has 0 aromatic heterocycles. The zero-order chi connectivity index (χ0) is 15.6. The number of quaternary nitrogens is 1. The summed E-state index contributed by atoms with van der Waals surface area (Å²) in [5.74, 6) is 0.879. The van der Waals surface area contributed by atoms with Crippen LogP contribution >= 0.6 is 23.2 Å². The first-order valence-corrected chi connectivity index (χ1v) is 7.30. The fraction of sp³-hybridized carbons (Fsp3) is 0.312. The second-order valence-electron chi connectivity index (χ2n) is 5.47. The fourth-order valence-electron chi connectivity index (χ4n) is 2.38. The molecule has 21 heavy (non-hydrogen) atoms. The molecule has 0 spiro atoms. The van der Waals surface area contributed by atoms with Crippen molar-refractivity contribution in [2.75, 3.05) is 27.7 Å². The molecule has 0 amide bonds. The molecule has 3 nitrogen and oxygen atoms in total. The van der Waals surface area contributed by atoms with Crippen LogP contribution in [0.25, 0.3) is 0 Å². The van der Waals surface area contributed by atoms with Gasteiger partial charge < -0.3 is 4.74 Å². The summed E-state index contributed by atoms with van der Waals surface area (Å²) >= 11 is 12.6. The lowest BCUT2D eigenvalue weighted by molar-refractivity contribution is -0.841. The van der Waals surface area contributed by atoms with E-state index >= 15 is 0 Å². The van der Waals surface area contributed by atoms with Gasteiger partial charge in [-0.1, -0.05) is 29.8 Å². The third-order valence-corrected chi connectivity index (χ3v) is 4.70. The van der Waals surface area contributed by atoms with Crippen LogP contribution in [-0.2, 0) is 4.74 Å². The van der Waals surface area contributed by atoms with Crippen molar-refractivity contribution in [2.45, 2.75) is 6.42 Å². The number of hydrogen-bond acceptors (Lipinski definition) is 2. The summed E-state index contributed by atoms with van der Waals surface area (Å²) in [6, 6.07) is 2.19. The summed E-state index contributed by atoms with van der Waals surface area (Å²) < 4.78 is 5.69. The van der Waals surface area contributed by atoms with E-state index in [1.165, 1.54) is 0 Å². The van der Waals surface area contributed by atoms with Crippen molar-refractivity contribution < 1.29 is 9.22 Å². The molecule has 0 aromatic rings. The van der Waals surface area contributed by atoms with Gasteiger partial charge in [0.1, 0.15) is 17.6 Å². The maximum absolute atomic E-state index is 9.44. The van der Waals surface area contributed by atoms with Crippen LogP contribution in [0, 0.1) is 11.3 Å². The Hall–Kier alpha value is -1.47. The lowest BCUT2D eigenvalue weighted by Gasteiger charge is -2.33. The molecule has 2 rings (SSSR count). The van der Waals surface area contributed by atoms with Gasteiger partial charge >= 0.3 is 0 Å². The molecule has 1 heterocycles. The highest BCUT2D eigenvalue weighted by molar-refractivity contribution is 6.40. The Labute approximate surface area is 135 Å². The van der Waals surface area contributed by atoms with Crippen molar-refractivity contribution in [3.05, 3.63) is 57.0 Å². The number of nitriles is 1. The van der Waals surface area contributed by atoms with Crippen LogP contribution < -0.4 is 0 Å². The van der Waals surface area contributed by atoms with Crippen LogP contribution in [0.15, 0.2) is 57.0 Å². The zero-order valence-electron chi connectivity index (χ0n) is 12.3. The normalized spacial score (nSPS) is 21.5. The number of rotatable bonds is 2. The first kappa shape index (κ1) is 15.9. The van der Waals surface area contributed by atoms with Crippen molar-refractivity contribution in [1.82, 2.24) is 0 Å². The molecule has 0 atom stereocenters. The molecule has 1 aliphatic heterocycles. The van der Waals surface area contributed by atoms with E-state index in [-0.39, 0.29) is 0 Å². The Balaban J connectivity index is 2.50. The Kier molecular flexibility index (Phi) is 4.63. The molecule has 5 heteroatoms. The van der Waals surface area contributed by atoms with Gasteiger partial charge in [-0.05, 0) is 23.3 Å². The van der Waals surface area contributed by atoms with Crippen molar-refractivity contribution in [3.63, 3.8) is 0 Å². The van der Waals surface area contributed by atoms with Crippen LogP contribution in [0.4, 0.5) is 0 Å². The van der Waals surface area contributed by atoms with Gasteiger partial charge in [-0.15, -0.1) is 0 Å². The van der Waals surface area contributed by atoms with Gasteiger partial charge in [0.2, 0.25) is 5.16 Å². The largest absolute Gasteiger partial charge is 0.501 e. The highest BCUT2D eigenvalue weighted by Gasteiger charge is 2.35. The lowest BCUT2D eigenvalue weighted by atomic mass is 9.95. The molecule has 1 aliphatic carbocycles. The molecule has 0 aromatic carbocycles. The molecular weight excluding hydrogens is 307 g/mol. The second kappa shape index (κ2) is 6.11. The summed E-state index contributed by atoms with van der Waals surface area (Å²) in [7, 11) is 5.59. The van der Waals surface area contributed by atoms with Crippen LogP contribution in [0.1, 0.15) is 6.42 Å². The molecular formula is C16H17Cl2N2O+. The van der Waals surface area contributed by atoms with Crippen LogP contribution in [0.2, 0.25) is 0 Å². The van der Waals surface area contributed by atoms with Gasteiger partial charge in [0.15, 0.2) is 0 Å². The fourth-order valence-corrected chi connectivity index (χ4v) is 2.92. The van der Waals surface area contributed by atoms with E-state index in [0.717, 1.165) is 16.9 Å². The van der Waals surface area contributed by atoms with Crippen molar-refractivity contribution in [3.8, 4) is 6.07 Å². The average molecular weight is 324 g/mol. The highest BCUT2D eigenvalue weighted by Crippen LogP contribution is 2.38. The first-order chi connectivity index (χ1) is 9.90. The predicted octanol–water partition coefficient (Wildman–Crippen LogP) is 3.96. The molecule has 0 bridgehead atoms. The Bertz CT molecular complexity index is 658. The van der Waals surface area contributed by atoms with Crippen LogP contribution in [0.5, 0.6) is 0 Å². The predicted molar refractivity (Wildman–Crippen MR) is 85.3 cm³/mol. The van der Waals surface area contributed by atoms with E-state index in [2.05, 4.69) is 12.1 Å². The summed E-state index contributed by atoms with van der Waals surface area (Å²) in [4.78, 5) is 0. The highest BCUT2D eigenvalue weighted by atomic mass is 35.5. The molecule has 0 unspecified atom stereocenters. The van der Waals surface area contributed by atoms with Gasteiger partial charge in [-0.3, -0.25) is 4.48 Å². The summed E-state index contributed by atoms with van der Waals surface area (Å²) in [6.45, 7) is 0.621. The van der Waals surface area contributed by atoms with Gasteiger partial charge in [0, 0.05) is 12.0 Å². The maximum Gasteiger partial charge on any atom is 0.221 e. The molecule has 0 saturated carbocycles. The van der Waals surface area contributed by atoms with Gasteiger partial charge in [0.05, 0.1) is 32.5 Å². The number of methoxy groups -OCH3 is 1. The monoisotopic (exact) mass is 323 g/mol. The van der Waals surface area contributed by atoms with Crippen LogP contribution in [-0.4, -0.2) is 32.2 Å². The SMILES string of the molecule is COC1=CC=CC(C2=C(C#N)C(Cl)=C(Cl)[N+](C)(C)C2)=CC1. The standard InChI is InChI=1S/C16H17Cl2N2O/c1-20(2)10-14(13(9-19)15(17)16(20)18)11-5-4-6-12(21-3)8-7-11/h4-7H,8,10H2,1-3H3/q+1. The minimum absolute atomic E-state index is 0.337. The number of ether oxygens (including phenoxy) is 1. The molecule has 110 valence electrons. The molecule has 0 fully saturated rings. The van der Waals surface area contributed by atoms with Crippen LogP contribution in [0.3, 0.4) is 0 Å². The number of likely N-dealkylation sites (N-methyl/N-ethyl adjacent to an activating group) is 1. The number of nitrogens with zero attached hydrogens (tertiary/aromatic N) is 2. The van der Waals surface area contributed by atoms with E-state index in [4.69, 9.17) is 27.9 Å². The molecule has 2 aliphatic rings. The summed E-state index contributed by atoms with van der Waals surface area (Å²) in [5.41, 5.74) is 2.36. The van der Waals surface area contributed by atoms with E-state index < -0.39 is 0 Å². The second-order valence-corrected chi connectivity index (χ2v) is 6.21. The number of hydrogen-bond donors (Lipinski definition) is 0. The van der Waals surface area contributed by atoms with Gasteiger partial charge in [-0.25, -0.2) is 0 Å². The topological polar surface area (TPSA) is 33.0 Å². The lowest BCUT2D eigenvalue weighted by Crippen LogP contribution is -2.41. The minimum Gasteiger partial charge on any atom is -0.501 e. The maximum atomic E-state index is 9.44. The first-order valence-electron chi connectivity index (χ1n) is 6.55. The number of allylic oxidation sites excluding steroid dienone is 6. The minimum atomic E-state index is 0.337. The van der Waals surface area contributed by atoms with E-state index in [1.54, 1.807) is 7.11 Å². The van der Waals surface area contributed by atoms with E-state index in [0.29, 0.717) is 33.2 Å². The third-order valence-electron chi connectivity index (χ3n) is 3.59. The van der Waals surface area contributed by atoms with E-state index in [1.807, 2.05) is 32.3 Å². The van der Waals surface area contributed by atoms with Crippen molar-refractivity contribution in [2.24, 2.45) is 0 Å². The quantitative estimate of drug-likeness (QED) is 0.569.